The second-order valence-electron chi connectivity index (χ2n) is 4.45. The molecular weight excluding hydrogens is 219 g/mol. The van der Waals surface area contributed by atoms with Crippen molar-refractivity contribution in [2.45, 2.75) is 25.5 Å². The summed E-state index contributed by atoms with van der Waals surface area (Å²) in [6.07, 6.45) is -0.0999. The average molecular weight is 240 g/mol. The zero-order valence-electron chi connectivity index (χ0n) is 10.9. The molecule has 0 heterocycles. The molecule has 17 heavy (non-hydrogen) atoms. The van der Waals surface area contributed by atoms with E-state index in [1.165, 1.54) is 6.07 Å². The summed E-state index contributed by atoms with van der Waals surface area (Å²) >= 11 is 0. The minimum atomic E-state index is -0.447. The summed E-state index contributed by atoms with van der Waals surface area (Å²) in [4.78, 5) is 1.84. The Bertz CT molecular complexity index is 372. The van der Waals surface area contributed by atoms with Crippen LogP contribution in [0.1, 0.15) is 13.8 Å². The summed E-state index contributed by atoms with van der Waals surface area (Å²) in [5.74, 6) is -0.252. The summed E-state index contributed by atoms with van der Waals surface area (Å²) < 4.78 is 19.1. The Morgan fingerprint density at radius 3 is 2.53 bits per heavy atom. The molecule has 3 nitrogen and oxygen atoms in total. The van der Waals surface area contributed by atoms with Crippen LogP contribution >= 0.6 is 0 Å². The van der Waals surface area contributed by atoms with Crippen molar-refractivity contribution in [3.63, 3.8) is 0 Å². The topological polar surface area (TPSA) is 38.5 Å². The van der Waals surface area contributed by atoms with Crippen LogP contribution in [0.4, 0.5) is 10.1 Å². The third-order valence-corrected chi connectivity index (χ3v) is 3.62. The van der Waals surface area contributed by atoms with Crippen molar-refractivity contribution in [3.05, 3.63) is 30.1 Å². The molecule has 0 bridgehead atoms. The third kappa shape index (κ3) is 2.58. The van der Waals surface area contributed by atoms with E-state index >= 15 is 0 Å². The maximum absolute atomic E-state index is 13.8. The molecule has 0 aromatic heterocycles. The molecule has 0 amide bonds. The van der Waals surface area contributed by atoms with Gasteiger partial charge in [0.1, 0.15) is 5.82 Å². The highest BCUT2D eigenvalue weighted by Crippen LogP contribution is 2.27. The lowest BCUT2D eigenvalue weighted by Gasteiger charge is -2.43. The molecule has 2 unspecified atom stereocenters. The van der Waals surface area contributed by atoms with Crippen LogP contribution < -0.4 is 10.6 Å². The Morgan fingerprint density at radius 1 is 1.47 bits per heavy atom. The zero-order valence-corrected chi connectivity index (χ0v) is 10.9. The Balaban J connectivity index is 3.09. The van der Waals surface area contributed by atoms with Gasteiger partial charge >= 0.3 is 0 Å². The van der Waals surface area contributed by atoms with Crippen molar-refractivity contribution in [1.82, 2.24) is 0 Å². The molecule has 2 N–H and O–H groups in total. The number of halogens is 1. The van der Waals surface area contributed by atoms with Crippen molar-refractivity contribution < 1.29 is 9.13 Å². The van der Waals surface area contributed by atoms with Gasteiger partial charge in [0, 0.05) is 20.7 Å². The van der Waals surface area contributed by atoms with Gasteiger partial charge in [0.2, 0.25) is 0 Å². The molecule has 4 heteroatoms. The zero-order chi connectivity index (χ0) is 13.1. The van der Waals surface area contributed by atoms with Crippen LogP contribution in [0.5, 0.6) is 0 Å². The maximum atomic E-state index is 13.8. The SMILES string of the molecule is COC(C)C(C)(CN)N(C)c1ccccc1F. The first kappa shape index (κ1) is 13.9. The predicted molar refractivity (Wildman–Crippen MR) is 68.7 cm³/mol. The molecular formula is C13H21FN2O. The number of benzene rings is 1. The number of hydrogen-bond donors (Lipinski definition) is 1. The monoisotopic (exact) mass is 240 g/mol. The molecule has 0 radical (unpaired) electrons. The van der Waals surface area contributed by atoms with E-state index < -0.39 is 5.54 Å². The van der Waals surface area contributed by atoms with Gasteiger partial charge in [-0.15, -0.1) is 0 Å². The fraction of sp³-hybridized carbons (Fsp3) is 0.538. The molecule has 0 aliphatic rings. The van der Waals surface area contributed by atoms with Crippen molar-refractivity contribution in [1.29, 1.82) is 0 Å². The van der Waals surface area contributed by atoms with E-state index in [0.29, 0.717) is 12.2 Å². The van der Waals surface area contributed by atoms with E-state index in [-0.39, 0.29) is 11.9 Å². The van der Waals surface area contributed by atoms with Gasteiger partial charge in [-0.2, -0.15) is 0 Å². The molecule has 0 fully saturated rings. The Labute approximate surface area is 102 Å². The summed E-state index contributed by atoms with van der Waals surface area (Å²) in [5.41, 5.74) is 5.91. The normalized spacial score (nSPS) is 16.4. The molecule has 0 spiro atoms. The van der Waals surface area contributed by atoms with Crippen molar-refractivity contribution in [3.8, 4) is 0 Å². The van der Waals surface area contributed by atoms with Crippen LogP contribution in [0, 0.1) is 5.82 Å². The second kappa shape index (κ2) is 5.47. The van der Waals surface area contributed by atoms with E-state index in [2.05, 4.69) is 0 Å². The number of likely N-dealkylation sites (N-methyl/N-ethyl adjacent to an activating group) is 1. The highest BCUT2D eigenvalue weighted by atomic mass is 19.1. The van der Waals surface area contributed by atoms with Crippen molar-refractivity contribution in [2.24, 2.45) is 5.73 Å². The molecule has 1 aromatic carbocycles. The van der Waals surface area contributed by atoms with Gasteiger partial charge in [-0.25, -0.2) is 4.39 Å². The van der Waals surface area contributed by atoms with Gasteiger partial charge in [0.25, 0.3) is 0 Å². The first-order chi connectivity index (χ1) is 7.97. The Morgan fingerprint density at radius 2 is 2.06 bits per heavy atom. The summed E-state index contributed by atoms with van der Waals surface area (Å²) in [7, 11) is 3.47. The van der Waals surface area contributed by atoms with E-state index in [0.717, 1.165) is 0 Å². The second-order valence-corrected chi connectivity index (χ2v) is 4.45. The van der Waals surface area contributed by atoms with Gasteiger partial charge in [-0.1, -0.05) is 12.1 Å². The number of para-hydroxylation sites is 1. The lowest BCUT2D eigenvalue weighted by Crippen LogP contribution is -2.58. The molecule has 0 saturated heterocycles. The number of methoxy groups -OCH3 is 1. The van der Waals surface area contributed by atoms with Crippen molar-refractivity contribution >= 4 is 5.69 Å². The van der Waals surface area contributed by atoms with Gasteiger partial charge in [0.15, 0.2) is 0 Å². The molecule has 0 saturated carbocycles. The summed E-state index contributed by atoms with van der Waals surface area (Å²) in [5, 5.41) is 0. The standard InChI is InChI=1S/C13H21FN2O/c1-10(17-4)13(2,9-15)16(3)12-8-6-5-7-11(12)14/h5-8,10H,9,15H2,1-4H3. The quantitative estimate of drug-likeness (QED) is 0.855. The highest BCUT2D eigenvalue weighted by Gasteiger charge is 2.35. The number of anilines is 1. The molecule has 1 rings (SSSR count). The molecule has 0 aliphatic heterocycles. The average Bonchev–Trinajstić information content (AvgIpc) is 2.36. The van der Waals surface area contributed by atoms with Crippen LogP contribution in [-0.4, -0.2) is 32.3 Å². The first-order valence-corrected chi connectivity index (χ1v) is 5.68. The molecule has 1 aromatic rings. The third-order valence-electron chi connectivity index (χ3n) is 3.62. The molecule has 96 valence electrons. The van der Waals surface area contributed by atoms with Gasteiger partial charge in [0.05, 0.1) is 17.3 Å². The van der Waals surface area contributed by atoms with Crippen LogP contribution in [0.2, 0.25) is 0 Å². The lowest BCUT2D eigenvalue weighted by molar-refractivity contribution is 0.0577. The minimum absolute atomic E-state index is 0.0999. The van der Waals surface area contributed by atoms with Gasteiger partial charge in [-0.3, -0.25) is 0 Å². The van der Waals surface area contributed by atoms with E-state index in [9.17, 15) is 4.39 Å². The van der Waals surface area contributed by atoms with E-state index in [1.807, 2.05) is 31.9 Å². The number of nitrogens with two attached hydrogens (primary N) is 1. The number of hydrogen-bond acceptors (Lipinski definition) is 3. The highest BCUT2D eigenvalue weighted by molar-refractivity contribution is 5.49. The largest absolute Gasteiger partial charge is 0.379 e. The molecule has 0 aliphatic carbocycles. The van der Waals surface area contributed by atoms with E-state index in [4.69, 9.17) is 10.5 Å². The fourth-order valence-corrected chi connectivity index (χ4v) is 1.83. The molecule has 2 atom stereocenters. The van der Waals surface area contributed by atoms with E-state index in [1.54, 1.807) is 19.2 Å². The van der Waals surface area contributed by atoms with Crippen LogP contribution in [0.3, 0.4) is 0 Å². The fourth-order valence-electron chi connectivity index (χ4n) is 1.83. The predicted octanol–water partition coefficient (Wildman–Crippen LogP) is 2.01. The van der Waals surface area contributed by atoms with Gasteiger partial charge < -0.3 is 15.4 Å². The van der Waals surface area contributed by atoms with Crippen LogP contribution in [-0.2, 0) is 4.74 Å². The van der Waals surface area contributed by atoms with Crippen molar-refractivity contribution in [2.75, 3.05) is 25.6 Å². The van der Waals surface area contributed by atoms with Crippen LogP contribution in [0.15, 0.2) is 24.3 Å². The van der Waals surface area contributed by atoms with Crippen LogP contribution in [0.25, 0.3) is 0 Å². The smallest absolute Gasteiger partial charge is 0.146 e. The Hall–Kier alpha value is -1.13. The number of nitrogens with zero attached hydrogens (tertiary/aromatic N) is 1. The minimum Gasteiger partial charge on any atom is -0.379 e. The summed E-state index contributed by atoms with van der Waals surface area (Å²) in [6.45, 7) is 4.28. The number of ether oxygens (including phenoxy) is 1. The Kier molecular flexibility index (Phi) is 4.48. The van der Waals surface area contributed by atoms with Gasteiger partial charge in [-0.05, 0) is 26.0 Å². The lowest BCUT2D eigenvalue weighted by atomic mass is 9.93. The maximum Gasteiger partial charge on any atom is 0.146 e. The summed E-state index contributed by atoms with van der Waals surface area (Å²) in [6, 6.07) is 6.67. The first-order valence-electron chi connectivity index (χ1n) is 5.68. The number of rotatable bonds is 5.